The molecule has 124 valence electrons. The minimum atomic E-state index is -4.70. The molecule has 0 heterocycles. The lowest BCUT2D eigenvalue weighted by Crippen LogP contribution is -2.36. The molecule has 0 aliphatic carbocycles. The Kier molecular flexibility index (Phi) is 6.21. The first-order chi connectivity index (χ1) is 10.0. The zero-order chi connectivity index (χ0) is 17.0. The van der Waals surface area contributed by atoms with Gasteiger partial charge in [-0.1, -0.05) is 11.6 Å². The van der Waals surface area contributed by atoms with Crippen LogP contribution in [0.25, 0.3) is 0 Å². The van der Waals surface area contributed by atoms with Crippen molar-refractivity contribution in [1.29, 1.82) is 0 Å². The fraction of sp³-hybridized carbons (Fsp3) is 0.417. The molecule has 0 saturated heterocycles. The van der Waals surface area contributed by atoms with E-state index in [-0.39, 0.29) is 9.92 Å². The summed E-state index contributed by atoms with van der Waals surface area (Å²) in [5, 5.41) is 8.73. The SMILES string of the molecule is O=C(O)CC[C@H](CNS(=O)(=O)c1ccc(Cl)cc1)C(F)(F)F. The lowest BCUT2D eigenvalue weighted by Gasteiger charge is -2.20. The van der Waals surface area contributed by atoms with Crippen molar-refractivity contribution in [3.63, 3.8) is 0 Å². The van der Waals surface area contributed by atoms with Crippen LogP contribution in [-0.4, -0.2) is 32.2 Å². The summed E-state index contributed by atoms with van der Waals surface area (Å²) >= 11 is 5.60. The molecule has 0 amide bonds. The van der Waals surface area contributed by atoms with Gasteiger partial charge in [0.25, 0.3) is 0 Å². The van der Waals surface area contributed by atoms with Crippen molar-refractivity contribution in [2.45, 2.75) is 23.9 Å². The summed E-state index contributed by atoms with van der Waals surface area (Å²) in [7, 11) is -4.13. The second-order valence-corrected chi connectivity index (χ2v) is 6.68. The number of alkyl halides is 3. The molecule has 0 saturated carbocycles. The minimum Gasteiger partial charge on any atom is -0.481 e. The van der Waals surface area contributed by atoms with Gasteiger partial charge in [-0.2, -0.15) is 13.2 Å². The summed E-state index contributed by atoms with van der Waals surface area (Å²) in [4.78, 5) is 10.1. The molecule has 1 atom stereocenters. The van der Waals surface area contributed by atoms with Gasteiger partial charge in [-0.3, -0.25) is 4.79 Å². The Balaban J connectivity index is 2.78. The first kappa shape index (κ1) is 18.7. The van der Waals surface area contributed by atoms with Crippen LogP contribution in [0.1, 0.15) is 12.8 Å². The van der Waals surface area contributed by atoms with E-state index in [1.807, 2.05) is 4.72 Å². The second-order valence-electron chi connectivity index (χ2n) is 4.48. The topological polar surface area (TPSA) is 83.5 Å². The Bertz CT molecular complexity index is 616. The Morgan fingerprint density at radius 2 is 1.82 bits per heavy atom. The van der Waals surface area contributed by atoms with E-state index in [2.05, 4.69) is 0 Å². The number of carbonyl (C=O) groups is 1. The van der Waals surface area contributed by atoms with Crippen molar-refractivity contribution in [3.05, 3.63) is 29.3 Å². The lowest BCUT2D eigenvalue weighted by molar-refractivity contribution is -0.175. The Morgan fingerprint density at radius 1 is 1.27 bits per heavy atom. The lowest BCUT2D eigenvalue weighted by atomic mass is 10.0. The molecule has 0 aromatic heterocycles. The number of hydrogen-bond acceptors (Lipinski definition) is 3. The van der Waals surface area contributed by atoms with Gasteiger partial charge in [0.05, 0.1) is 10.8 Å². The molecule has 1 aromatic carbocycles. The minimum absolute atomic E-state index is 0.226. The molecule has 0 fully saturated rings. The molecule has 0 aliphatic rings. The summed E-state index contributed by atoms with van der Waals surface area (Å²) < 4.78 is 63.9. The molecule has 0 bridgehead atoms. The summed E-state index contributed by atoms with van der Waals surface area (Å²) in [6, 6.07) is 4.90. The number of carboxylic acid groups (broad SMARTS) is 1. The molecule has 1 aromatic rings. The third kappa shape index (κ3) is 5.82. The van der Waals surface area contributed by atoms with Crippen LogP contribution in [0.4, 0.5) is 13.2 Å². The normalized spacial score (nSPS) is 13.8. The monoisotopic (exact) mass is 359 g/mol. The number of hydrogen-bond donors (Lipinski definition) is 2. The van der Waals surface area contributed by atoms with Gasteiger partial charge in [0.1, 0.15) is 0 Å². The number of rotatable bonds is 7. The van der Waals surface area contributed by atoms with E-state index in [0.717, 1.165) is 12.1 Å². The van der Waals surface area contributed by atoms with E-state index >= 15 is 0 Å². The van der Waals surface area contributed by atoms with Crippen molar-refractivity contribution in [3.8, 4) is 0 Å². The van der Waals surface area contributed by atoms with Gasteiger partial charge < -0.3 is 5.11 Å². The van der Waals surface area contributed by atoms with Crippen LogP contribution in [0.5, 0.6) is 0 Å². The largest absolute Gasteiger partial charge is 0.481 e. The number of benzene rings is 1. The maximum Gasteiger partial charge on any atom is 0.393 e. The summed E-state index contributed by atoms with van der Waals surface area (Å²) in [5.74, 6) is -3.46. The van der Waals surface area contributed by atoms with E-state index in [1.165, 1.54) is 12.1 Å². The van der Waals surface area contributed by atoms with Crippen molar-refractivity contribution < 1.29 is 31.5 Å². The van der Waals surface area contributed by atoms with Crippen LogP contribution < -0.4 is 4.72 Å². The third-order valence-electron chi connectivity index (χ3n) is 2.81. The predicted molar refractivity (Wildman–Crippen MR) is 73.1 cm³/mol. The number of sulfonamides is 1. The fourth-order valence-corrected chi connectivity index (χ4v) is 2.79. The highest BCUT2D eigenvalue weighted by atomic mass is 35.5. The van der Waals surface area contributed by atoms with Crippen LogP contribution in [0.3, 0.4) is 0 Å². The Morgan fingerprint density at radius 3 is 2.27 bits per heavy atom. The van der Waals surface area contributed by atoms with Crippen molar-refractivity contribution in [2.24, 2.45) is 5.92 Å². The second kappa shape index (κ2) is 7.30. The summed E-state index contributed by atoms with van der Waals surface area (Å²) in [6.45, 7) is -0.929. The first-order valence-corrected chi connectivity index (χ1v) is 7.92. The zero-order valence-corrected chi connectivity index (χ0v) is 12.7. The number of aliphatic carboxylic acids is 1. The standard InChI is InChI=1S/C12H13ClF3NO4S/c13-9-2-4-10(5-3-9)22(20,21)17-7-8(12(14,15)16)1-6-11(18)19/h2-5,8,17H,1,6-7H2,(H,18,19)/t8-/m1/s1. The molecule has 0 radical (unpaired) electrons. The third-order valence-corrected chi connectivity index (χ3v) is 4.50. The maximum atomic E-state index is 12.8. The molecule has 10 heteroatoms. The fourth-order valence-electron chi connectivity index (χ4n) is 1.59. The molecule has 0 aliphatic heterocycles. The smallest absolute Gasteiger partial charge is 0.393 e. The van der Waals surface area contributed by atoms with Crippen LogP contribution >= 0.6 is 11.6 Å². The van der Waals surface area contributed by atoms with Gasteiger partial charge in [-0.15, -0.1) is 0 Å². The van der Waals surface area contributed by atoms with Gasteiger partial charge in [-0.05, 0) is 30.7 Å². The molecule has 0 unspecified atom stereocenters. The highest BCUT2D eigenvalue weighted by molar-refractivity contribution is 7.89. The van der Waals surface area contributed by atoms with Gasteiger partial charge >= 0.3 is 12.1 Å². The van der Waals surface area contributed by atoms with Crippen molar-refractivity contribution in [2.75, 3.05) is 6.54 Å². The van der Waals surface area contributed by atoms with Gasteiger partial charge in [0.15, 0.2) is 0 Å². The van der Waals surface area contributed by atoms with Gasteiger partial charge in [0, 0.05) is 18.0 Å². The van der Waals surface area contributed by atoms with E-state index in [4.69, 9.17) is 16.7 Å². The Hall–Kier alpha value is -1.32. The average Bonchev–Trinajstić information content (AvgIpc) is 2.37. The number of carboxylic acids is 1. The number of nitrogens with one attached hydrogen (secondary N) is 1. The Labute approximate surface area is 130 Å². The van der Waals surface area contributed by atoms with Crippen molar-refractivity contribution in [1.82, 2.24) is 4.72 Å². The highest BCUT2D eigenvalue weighted by Gasteiger charge is 2.40. The summed E-state index contributed by atoms with van der Waals surface area (Å²) in [6.07, 6.45) is -6.10. The molecule has 1 rings (SSSR count). The highest BCUT2D eigenvalue weighted by Crippen LogP contribution is 2.29. The molecule has 0 spiro atoms. The quantitative estimate of drug-likeness (QED) is 0.784. The van der Waals surface area contributed by atoms with Crippen LogP contribution in [0.2, 0.25) is 5.02 Å². The van der Waals surface area contributed by atoms with Gasteiger partial charge in [-0.25, -0.2) is 13.1 Å². The first-order valence-electron chi connectivity index (χ1n) is 6.06. The van der Waals surface area contributed by atoms with E-state index in [9.17, 15) is 26.4 Å². The summed E-state index contributed by atoms with van der Waals surface area (Å²) in [5.41, 5.74) is 0. The average molecular weight is 360 g/mol. The van der Waals surface area contributed by atoms with E-state index < -0.39 is 47.5 Å². The predicted octanol–water partition coefficient (Wildman–Crippen LogP) is 2.66. The van der Waals surface area contributed by atoms with Crippen molar-refractivity contribution >= 4 is 27.6 Å². The van der Waals surface area contributed by atoms with Crippen LogP contribution in [0, 0.1) is 5.92 Å². The maximum absolute atomic E-state index is 12.8. The molecular formula is C12H13ClF3NO4S. The van der Waals surface area contributed by atoms with Gasteiger partial charge in [0.2, 0.25) is 10.0 Å². The molecule has 2 N–H and O–H groups in total. The zero-order valence-electron chi connectivity index (χ0n) is 11.1. The van der Waals surface area contributed by atoms with Crippen LogP contribution in [-0.2, 0) is 14.8 Å². The van der Waals surface area contributed by atoms with E-state index in [0.29, 0.717) is 0 Å². The number of halogens is 4. The molecule has 5 nitrogen and oxygen atoms in total. The molecule has 22 heavy (non-hydrogen) atoms. The molecular weight excluding hydrogens is 347 g/mol. The van der Waals surface area contributed by atoms with E-state index in [1.54, 1.807) is 0 Å². The van der Waals surface area contributed by atoms with Crippen LogP contribution in [0.15, 0.2) is 29.2 Å².